The van der Waals surface area contributed by atoms with Crippen molar-refractivity contribution in [2.45, 2.75) is 13.0 Å². The molecule has 3 heterocycles. The van der Waals surface area contributed by atoms with E-state index in [-0.39, 0.29) is 0 Å². The second-order valence-electron chi connectivity index (χ2n) is 5.14. The van der Waals surface area contributed by atoms with E-state index in [9.17, 15) is 4.79 Å². The third kappa shape index (κ3) is 1.91. The van der Waals surface area contributed by atoms with Gasteiger partial charge in [0.15, 0.2) is 5.82 Å². The fourth-order valence-electron chi connectivity index (χ4n) is 2.71. The lowest BCUT2D eigenvalue weighted by Gasteiger charge is -2.34. The molecule has 0 bridgehead atoms. The van der Waals surface area contributed by atoms with E-state index in [0.29, 0.717) is 11.7 Å². The summed E-state index contributed by atoms with van der Waals surface area (Å²) in [6.45, 7) is 4.63. The fraction of sp³-hybridized carbons (Fsp3) is 0.667. The average molecular weight is 250 g/mol. The van der Waals surface area contributed by atoms with Gasteiger partial charge in [-0.15, -0.1) is 0 Å². The van der Waals surface area contributed by atoms with Gasteiger partial charge >= 0.3 is 0 Å². The summed E-state index contributed by atoms with van der Waals surface area (Å²) < 4.78 is 7.03. The summed E-state index contributed by atoms with van der Waals surface area (Å²) >= 11 is 0. The van der Waals surface area contributed by atoms with Gasteiger partial charge in [0, 0.05) is 44.7 Å². The number of nitrogens with zero attached hydrogens (tertiary/aromatic N) is 3. The number of rotatable bonds is 3. The SMILES string of the molecule is Cn1c(C(N)=O)nc2c1CCN(CC1COC1)C2. The molecule has 0 saturated carbocycles. The minimum Gasteiger partial charge on any atom is -0.381 e. The highest BCUT2D eigenvalue weighted by atomic mass is 16.5. The first-order chi connectivity index (χ1) is 8.65. The molecule has 18 heavy (non-hydrogen) atoms. The molecule has 1 amide bonds. The fourth-order valence-corrected chi connectivity index (χ4v) is 2.71. The lowest BCUT2D eigenvalue weighted by Crippen LogP contribution is -2.41. The van der Waals surface area contributed by atoms with Crippen LogP contribution in [0, 0.1) is 5.92 Å². The Kier molecular flexibility index (Phi) is 2.83. The Morgan fingerprint density at radius 3 is 2.94 bits per heavy atom. The van der Waals surface area contributed by atoms with Crippen LogP contribution in [0.1, 0.15) is 22.0 Å². The smallest absolute Gasteiger partial charge is 0.284 e. The van der Waals surface area contributed by atoms with E-state index >= 15 is 0 Å². The second kappa shape index (κ2) is 4.37. The third-order valence-electron chi connectivity index (χ3n) is 3.78. The number of carbonyl (C=O) groups is 1. The van der Waals surface area contributed by atoms with E-state index in [4.69, 9.17) is 10.5 Å². The number of primary amides is 1. The van der Waals surface area contributed by atoms with Gasteiger partial charge in [-0.1, -0.05) is 0 Å². The highest BCUT2D eigenvalue weighted by Crippen LogP contribution is 2.21. The molecule has 2 aliphatic rings. The van der Waals surface area contributed by atoms with Gasteiger partial charge in [-0.3, -0.25) is 9.69 Å². The molecule has 2 N–H and O–H groups in total. The summed E-state index contributed by atoms with van der Waals surface area (Å²) in [5.41, 5.74) is 7.46. The van der Waals surface area contributed by atoms with Crippen LogP contribution in [0.3, 0.4) is 0 Å². The molecule has 0 spiro atoms. The van der Waals surface area contributed by atoms with E-state index in [1.165, 1.54) is 0 Å². The Morgan fingerprint density at radius 2 is 2.33 bits per heavy atom. The number of imidazole rings is 1. The lowest BCUT2D eigenvalue weighted by molar-refractivity contribution is -0.0482. The van der Waals surface area contributed by atoms with Gasteiger partial charge in [-0.2, -0.15) is 0 Å². The maximum atomic E-state index is 11.3. The number of amides is 1. The number of aromatic nitrogens is 2. The molecule has 2 aliphatic heterocycles. The van der Waals surface area contributed by atoms with Gasteiger partial charge < -0.3 is 15.0 Å². The average Bonchev–Trinajstić information content (AvgIpc) is 2.61. The van der Waals surface area contributed by atoms with Gasteiger partial charge in [0.2, 0.25) is 0 Å². The summed E-state index contributed by atoms with van der Waals surface area (Å²) in [4.78, 5) is 18.0. The van der Waals surface area contributed by atoms with Crippen molar-refractivity contribution in [2.24, 2.45) is 18.7 Å². The number of carbonyl (C=O) groups excluding carboxylic acids is 1. The molecule has 6 nitrogen and oxygen atoms in total. The standard InChI is InChI=1S/C12H18N4O2/c1-15-10-2-3-16(4-8-6-18-7-8)5-9(10)14-12(15)11(13)17/h8H,2-7H2,1H3,(H2,13,17). The number of hydrogen-bond donors (Lipinski definition) is 1. The van der Waals surface area contributed by atoms with Crippen molar-refractivity contribution in [2.75, 3.05) is 26.3 Å². The van der Waals surface area contributed by atoms with E-state index < -0.39 is 5.91 Å². The highest BCUT2D eigenvalue weighted by molar-refractivity contribution is 5.89. The largest absolute Gasteiger partial charge is 0.381 e. The number of nitrogens with two attached hydrogens (primary N) is 1. The molecule has 0 unspecified atom stereocenters. The van der Waals surface area contributed by atoms with E-state index in [0.717, 1.165) is 50.7 Å². The summed E-state index contributed by atoms with van der Waals surface area (Å²) in [6, 6.07) is 0. The molecule has 0 radical (unpaired) electrons. The van der Waals surface area contributed by atoms with E-state index in [2.05, 4.69) is 9.88 Å². The second-order valence-corrected chi connectivity index (χ2v) is 5.14. The highest BCUT2D eigenvalue weighted by Gasteiger charge is 2.27. The Hall–Kier alpha value is -1.40. The van der Waals surface area contributed by atoms with Crippen LogP contribution in [0.5, 0.6) is 0 Å². The van der Waals surface area contributed by atoms with Crippen LogP contribution >= 0.6 is 0 Å². The molecule has 98 valence electrons. The zero-order valence-electron chi connectivity index (χ0n) is 10.6. The Bertz CT molecular complexity index is 479. The monoisotopic (exact) mass is 250 g/mol. The zero-order valence-corrected chi connectivity index (χ0v) is 10.6. The lowest BCUT2D eigenvalue weighted by atomic mass is 10.1. The Balaban J connectivity index is 1.75. The summed E-state index contributed by atoms with van der Waals surface area (Å²) in [5.74, 6) is 0.575. The van der Waals surface area contributed by atoms with Gasteiger partial charge in [0.25, 0.3) is 5.91 Å². The van der Waals surface area contributed by atoms with Crippen LogP contribution in [-0.4, -0.2) is 46.7 Å². The van der Waals surface area contributed by atoms with Crippen LogP contribution in [0.2, 0.25) is 0 Å². The number of fused-ring (bicyclic) bond motifs is 1. The van der Waals surface area contributed by atoms with Crippen molar-refractivity contribution < 1.29 is 9.53 Å². The molecule has 1 aromatic heterocycles. The molecule has 1 fully saturated rings. The van der Waals surface area contributed by atoms with Gasteiger partial charge in [0.05, 0.1) is 18.9 Å². The molecule has 6 heteroatoms. The van der Waals surface area contributed by atoms with Crippen molar-refractivity contribution >= 4 is 5.91 Å². The zero-order chi connectivity index (χ0) is 12.7. The minimum atomic E-state index is -0.453. The van der Waals surface area contributed by atoms with E-state index in [1.54, 1.807) is 0 Å². The Labute approximate surface area is 106 Å². The van der Waals surface area contributed by atoms with Crippen molar-refractivity contribution in [1.29, 1.82) is 0 Å². The van der Waals surface area contributed by atoms with Gasteiger partial charge in [-0.25, -0.2) is 4.98 Å². The van der Waals surface area contributed by atoms with Gasteiger partial charge in [-0.05, 0) is 0 Å². The van der Waals surface area contributed by atoms with Crippen LogP contribution in [0.15, 0.2) is 0 Å². The van der Waals surface area contributed by atoms with Crippen LogP contribution in [0.25, 0.3) is 0 Å². The Morgan fingerprint density at radius 1 is 1.56 bits per heavy atom. The van der Waals surface area contributed by atoms with Crippen LogP contribution in [-0.2, 0) is 24.8 Å². The third-order valence-corrected chi connectivity index (χ3v) is 3.78. The van der Waals surface area contributed by atoms with E-state index in [1.807, 2.05) is 11.6 Å². The van der Waals surface area contributed by atoms with Crippen molar-refractivity contribution in [3.05, 3.63) is 17.2 Å². The van der Waals surface area contributed by atoms with Crippen molar-refractivity contribution in [1.82, 2.24) is 14.5 Å². The minimum absolute atomic E-state index is 0.369. The first kappa shape index (κ1) is 11.7. The van der Waals surface area contributed by atoms with Gasteiger partial charge in [0.1, 0.15) is 0 Å². The predicted octanol–water partition coefficient (Wildman–Crippen LogP) is -0.476. The number of hydrogen-bond acceptors (Lipinski definition) is 4. The normalized spacial score (nSPS) is 20.5. The first-order valence-corrected chi connectivity index (χ1v) is 6.29. The maximum Gasteiger partial charge on any atom is 0.284 e. The summed E-state index contributed by atoms with van der Waals surface area (Å²) in [7, 11) is 1.86. The number of ether oxygens (including phenoxy) is 1. The first-order valence-electron chi connectivity index (χ1n) is 6.29. The molecule has 3 rings (SSSR count). The topological polar surface area (TPSA) is 73.4 Å². The molecular weight excluding hydrogens is 232 g/mol. The van der Waals surface area contributed by atoms with Crippen molar-refractivity contribution in [3.63, 3.8) is 0 Å². The molecule has 0 atom stereocenters. The molecule has 0 aromatic carbocycles. The summed E-state index contributed by atoms with van der Waals surface area (Å²) in [5, 5.41) is 0. The summed E-state index contributed by atoms with van der Waals surface area (Å²) in [6.07, 6.45) is 0.930. The van der Waals surface area contributed by atoms with Crippen LogP contribution < -0.4 is 5.73 Å². The molecule has 0 aliphatic carbocycles. The molecule has 1 aromatic rings. The maximum absolute atomic E-state index is 11.3. The molecule has 1 saturated heterocycles. The molecular formula is C12H18N4O2. The van der Waals surface area contributed by atoms with Crippen molar-refractivity contribution in [3.8, 4) is 0 Å². The predicted molar refractivity (Wildman–Crippen MR) is 65.0 cm³/mol. The quantitative estimate of drug-likeness (QED) is 0.786. The van der Waals surface area contributed by atoms with Crippen LogP contribution in [0.4, 0.5) is 0 Å².